The molecule has 118 valence electrons. The predicted molar refractivity (Wildman–Crippen MR) is 73.9 cm³/mol. The Bertz CT molecular complexity index is 630. The zero-order valence-corrected chi connectivity index (χ0v) is 12.9. The van der Waals surface area contributed by atoms with Gasteiger partial charge in [-0.15, -0.1) is 0 Å². The minimum Gasteiger partial charge on any atom is -0.478 e. The van der Waals surface area contributed by atoms with Crippen LogP contribution < -0.4 is 0 Å². The van der Waals surface area contributed by atoms with Crippen molar-refractivity contribution in [1.82, 2.24) is 4.47 Å². The summed E-state index contributed by atoms with van der Waals surface area (Å²) in [7, 11) is -3.09. The van der Waals surface area contributed by atoms with Crippen molar-refractivity contribution in [3.8, 4) is 0 Å². The Morgan fingerprint density at radius 2 is 2.05 bits per heavy atom. The molecule has 21 heavy (non-hydrogen) atoms. The Morgan fingerprint density at radius 3 is 2.52 bits per heavy atom. The number of aryl methyl sites for hydroxylation is 1. The van der Waals surface area contributed by atoms with Gasteiger partial charge in [0.2, 0.25) is 0 Å². The number of unbranched alkanes of at least 4 members (excludes halogenated alkanes) is 1. The number of benzene rings is 1. The molecule has 0 unspecified atom stereocenters. The molecule has 0 aromatic heterocycles. The highest BCUT2D eigenvalue weighted by molar-refractivity contribution is 7.89. The van der Waals surface area contributed by atoms with E-state index in [-0.39, 0.29) is 6.54 Å². The van der Waals surface area contributed by atoms with Crippen LogP contribution in [0.2, 0.25) is 0 Å². The molecule has 1 N–H and O–H groups in total. The van der Waals surface area contributed by atoms with Crippen molar-refractivity contribution in [3.05, 3.63) is 29.1 Å². The van der Waals surface area contributed by atoms with Gasteiger partial charge in [-0.3, -0.25) is 4.84 Å². The Labute approximate surface area is 123 Å². The van der Waals surface area contributed by atoms with Gasteiger partial charge in [0, 0.05) is 6.54 Å². The Kier molecular flexibility index (Phi) is 5.82. The van der Waals surface area contributed by atoms with Crippen LogP contribution in [-0.2, 0) is 14.9 Å². The molecule has 6 nitrogen and oxygen atoms in total. The third-order valence-corrected chi connectivity index (χ3v) is 4.58. The Hall–Kier alpha value is -1.51. The van der Waals surface area contributed by atoms with Crippen LogP contribution in [0.25, 0.3) is 0 Å². The van der Waals surface area contributed by atoms with Crippen molar-refractivity contribution in [3.63, 3.8) is 0 Å². The molecule has 1 aromatic carbocycles. The van der Waals surface area contributed by atoms with Crippen LogP contribution in [-0.4, -0.2) is 37.6 Å². The number of hydrogen-bond donors (Lipinski definition) is 1. The van der Waals surface area contributed by atoms with E-state index in [1.807, 2.05) is 6.92 Å². The SMILES string of the molecule is CCCCN(OC)S(=O)(=O)c1cc(C)cc(C(=O)O)c1F. The Morgan fingerprint density at radius 1 is 1.43 bits per heavy atom. The third-order valence-electron chi connectivity index (χ3n) is 2.86. The molecular formula is C13H18FNO5S. The first-order chi connectivity index (χ1) is 9.75. The second-order valence-electron chi connectivity index (χ2n) is 4.50. The van der Waals surface area contributed by atoms with E-state index in [1.54, 1.807) is 0 Å². The lowest BCUT2D eigenvalue weighted by Crippen LogP contribution is -2.32. The highest BCUT2D eigenvalue weighted by Gasteiger charge is 2.30. The maximum Gasteiger partial charge on any atom is 0.338 e. The fourth-order valence-electron chi connectivity index (χ4n) is 1.79. The number of halogens is 1. The van der Waals surface area contributed by atoms with Gasteiger partial charge in [0.05, 0.1) is 12.7 Å². The number of carboxylic acids is 1. The summed E-state index contributed by atoms with van der Waals surface area (Å²) in [6.45, 7) is 3.43. The number of carbonyl (C=O) groups is 1. The number of hydroxylamine groups is 1. The first kappa shape index (κ1) is 17.5. The van der Waals surface area contributed by atoms with Crippen LogP contribution in [0.3, 0.4) is 0 Å². The van der Waals surface area contributed by atoms with Gasteiger partial charge >= 0.3 is 5.97 Å². The summed E-state index contributed by atoms with van der Waals surface area (Å²) in [5, 5.41) is 8.94. The summed E-state index contributed by atoms with van der Waals surface area (Å²) in [4.78, 5) is 15.1. The van der Waals surface area contributed by atoms with Gasteiger partial charge < -0.3 is 5.11 Å². The maximum atomic E-state index is 14.2. The molecule has 1 rings (SSSR count). The van der Waals surface area contributed by atoms with E-state index >= 15 is 0 Å². The van der Waals surface area contributed by atoms with E-state index in [4.69, 9.17) is 9.94 Å². The van der Waals surface area contributed by atoms with Crippen LogP contribution in [0.5, 0.6) is 0 Å². The van der Waals surface area contributed by atoms with Gasteiger partial charge in [-0.05, 0) is 31.0 Å². The molecule has 0 aliphatic rings. The van der Waals surface area contributed by atoms with Gasteiger partial charge in [-0.1, -0.05) is 17.8 Å². The second kappa shape index (κ2) is 6.97. The number of carboxylic acid groups (broad SMARTS) is 1. The monoisotopic (exact) mass is 319 g/mol. The zero-order valence-electron chi connectivity index (χ0n) is 12.1. The fraction of sp³-hybridized carbons (Fsp3) is 0.462. The van der Waals surface area contributed by atoms with E-state index in [9.17, 15) is 17.6 Å². The average Bonchev–Trinajstić information content (AvgIpc) is 2.41. The minimum absolute atomic E-state index is 0.0606. The summed E-state index contributed by atoms with van der Waals surface area (Å²) in [6, 6.07) is 2.18. The molecule has 0 fully saturated rings. The van der Waals surface area contributed by atoms with E-state index in [0.717, 1.165) is 18.6 Å². The summed E-state index contributed by atoms with van der Waals surface area (Å²) in [6.07, 6.45) is 1.26. The molecule has 8 heteroatoms. The van der Waals surface area contributed by atoms with Gasteiger partial charge in [0.15, 0.2) is 5.82 Å². The summed E-state index contributed by atoms with van der Waals surface area (Å²) < 4.78 is 39.6. The second-order valence-corrected chi connectivity index (χ2v) is 6.29. The van der Waals surface area contributed by atoms with Crippen molar-refractivity contribution >= 4 is 16.0 Å². The van der Waals surface area contributed by atoms with Crippen molar-refractivity contribution in [2.45, 2.75) is 31.6 Å². The van der Waals surface area contributed by atoms with E-state index in [2.05, 4.69) is 0 Å². The van der Waals surface area contributed by atoms with E-state index in [1.165, 1.54) is 14.0 Å². The average molecular weight is 319 g/mol. The number of sulfonamides is 1. The smallest absolute Gasteiger partial charge is 0.338 e. The molecule has 0 bridgehead atoms. The number of hydrogen-bond acceptors (Lipinski definition) is 4. The van der Waals surface area contributed by atoms with Crippen molar-refractivity contribution in [2.75, 3.05) is 13.7 Å². The van der Waals surface area contributed by atoms with Crippen LogP contribution in [0, 0.1) is 12.7 Å². The first-order valence-electron chi connectivity index (χ1n) is 6.36. The molecule has 0 saturated carbocycles. The van der Waals surface area contributed by atoms with Gasteiger partial charge in [0.1, 0.15) is 4.90 Å². The number of aromatic carboxylic acids is 1. The van der Waals surface area contributed by atoms with E-state index < -0.39 is 32.3 Å². The zero-order chi connectivity index (χ0) is 16.2. The predicted octanol–water partition coefficient (Wildman–Crippen LogP) is 2.18. The largest absolute Gasteiger partial charge is 0.478 e. The molecule has 0 aliphatic heterocycles. The van der Waals surface area contributed by atoms with E-state index in [0.29, 0.717) is 16.5 Å². The van der Waals surface area contributed by atoms with Crippen LogP contribution in [0.15, 0.2) is 17.0 Å². The lowest BCUT2D eigenvalue weighted by Gasteiger charge is -2.20. The van der Waals surface area contributed by atoms with Crippen LogP contribution in [0.4, 0.5) is 4.39 Å². The van der Waals surface area contributed by atoms with Crippen LogP contribution >= 0.6 is 0 Å². The molecule has 0 amide bonds. The van der Waals surface area contributed by atoms with Gasteiger partial charge in [0.25, 0.3) is 10.0 Å². The highest BCUT2D eigenvalue weighted by atomic mass is 32.2. The van der Waals surface area contributed by atoms with Crippen molar-refractivity contribution in [2.24, 2.45) is 0 Å². The van der Waals surface area contributed by atoms with Crippen LogP contribution in [0.1, 0.15) is 35.7 Å². The summed E-state index contributed by atoms with van der Waals surface area (Å²) in [5.41, 5.74) is -0.348. The Balaban J connectivity index is 3.40. The fourth-order valence-corrected chi connectivity index (χ4v) is 3.24. The number of nitrogens with zero attached hydrogens (tertiary/aromatic N) is 1. The molecule has 0 heterocycles. The third kappa shape index (κ3) is 3.78. The maximum absolute atomic E-state index is 14.2. The number of rotatable bonds is 7. The van der Waals surface area contributed by atoms with Gasteiger partial charge in [-0.2, -0.15) is 0 Å². The lowest BCUT2D eigenvalue weighted by atomic mass is 10.1. The summed E-state index contributed by atoms with van der Waals surface area (Å²) >= 11 is 0. The molecule has 0 aliphatic carbocycles. The first-order valence-corrected chi connectivity index (χ1v) is 7.80. The topological polar surface area (TPSA) is 83.9 Å². The molecular weight excluding hydrogens is 301 g/mol. The molecule has 0 saturated heterocycles. The quantitative estimate of drug-likeness (QED) is 0.779. The van der Waals surface area contributed by atoms with Gasteiger partial charge in [-0.25, -0.2) is 17.6 Å². The van der Waals surface area contributed by atoms with Crippen molar-refractivity contribution in [1.29, 1.82) is 0 Å². The standard InChI is InChI=1S/C13H18FNO5S/c1-4-5-6-15(20-3)21(18,19)11-8-9(2)7-10(12(11)14)13(16)17/h7-8H,4-6H2,1-3H3,(H,16,17). The molecule has 1 aromatic rings. The van der Waals surface area contributed by atoms with Crippen molar-refractivity contribution < 1.29 is 27.5 Å². The molecule has 0 atom stereocenters. The molecule has 0 spiro atoms. The lowest BCUT2D eigenvalue weighted by molar-refractivity contribution is -0.0493. The normalized spacial score (nSPS) is 11.9. The summed E-state index contributed by atoms with van der Waals surface area (Å²) in [5.74, 6) is -2.81. The molecule has 0 radical (unpaired) electrons. The minimum atomic E-state index is -4.26. The highest BCUT2D eigenvalue weighted by Crippen LogP contribution is 2.24.